The van der Waals surface area contributed by atoms with Crippen LogP contribution in [0.15, 0.2) is 29.6 Å². The van der Waals surface area contributed by atoms with Crippen molar-refractivity contribution in [3.05, 3.63) is 40.9 Å². The third kappa shape index (κ3) is 5.05. The molecule has 0 aliphatic heterocycles. The summed E-state index contributed by atoms with van der Waals surface area (Å²) >= 11 is 1.51. The zero-order valence-corrected chi connectivity index (χ0v) is 13.4. The number of carbonyl (C=O) groups is 2. The largest absolute Gasteiger partial charge is 0.405 e. The number of rotatable bonds is 5. The van der Waals surface area contributed by atoms with Crippen LogP contribution < -0.4 is 10.6 Å². The van der Waals surface area contributed by atoms with Crippen LogP contribution >= 0.6 is 11.3 Å². The quantitative estimate of drug-likeness (QED) is 0.864. The molecule has 2 aromatic heterocycles. The Bertz CT molecular complexity index is 730. The average Bonchev–Trinajstić information content (AvgIpc) is 3.04. The smallest absolute Gasteiger partial charge is 0.345 e. The lowest BCUT2D eigenvalue weighted by molar-refractivity contribution is -0.137. The van der Waals surface area contributed by atoms with Gasteiger partial charge in [0.1, 0.15) is 6.54 Å². The van der Waals surface area contributed by atoms with Crippen LogP contribution in [0.5, 0.6) is 0 Å². The van der Waals surface area contributed by atoms with Crippen molar-refractivity contribution in [2.24, 2.45) is 0 Å². The molecule has 2 rings (SSSR count). The molecule has 0 aromatic carbocycles. The van der Waals surface area contributed by atoms with Crippen LogP contribution in [0, 0.1) is 6.92 Å². The van der Waals surface area contributed by atoms with Gasteiger partial charge in [-0.2, -0.15) is 13.2 Å². The van der Waals surface area contributed by atoms with E-state index in [2.05, 4.69) is 10.3 Å². The number of halogens is 3. The Hall–Kier alpha value is -2.42. The zero-order valence-electron chi connectivity index (χ0n) is 12.6. The number of alkyl halides is 3. The van der Waals surface area contributed by atoms with Gasteiger partial charge in [-0.05, 0) is 30.5 Å². The van der Waals surface area contributed by atoms with Gasteiger partial charge in [-0.25, -0.2) is 0 Å². The summed E-state index contributed by atoms with van der Waals surface area (Å²) in [4.78, 5) is 28.6. The highest BCUT2D eigenvalue weighted by Gasteiger charge is 2.27. The lowest BCUT2D eigenvalue weighted by Crippen LogP contribution is -2.41. The first-order chi connectivity index (χ1) is 11.3. The highest BCUT2D eigenvalue weighted by molar-refractivity contribution is 7.13. The standard InChI is InChI=1S/C15H14F3N3O2S/c1-9-10(4-5-11(21-9)12-3-2-6-24-12)14(23)19-7-13(22)20-8-15(16,17)18/h2-6H,7-8H2,1H3,(H,19,23)(H,20,22). The third-order valence-electron chi connectivity index (χ3n) is 3.00. The number of hydrogen-bond acceptors (Lipinski definition) is 4. The summed E-state index contributed by atoms with van der Waals surface area (Å²) in [6.07, 6.45) is -4.49. The highest BCUT2D eigenvalue weighted by atomic mass is 32.1. The topological polar surface area (TPSA) is 71.1 Å². The Kier molecular flexibility index (Phi) is 5.55. The molecule has 0 saturated heterocycles. The Balaban J connectivity index is 1.94. The molecule has 5 nitrogen and oxygen atoms in total. The van der Waals surface area contributed by atoms with Crippen LogP contribution in [0.3, 0.4) is 0 Å². The predicted molar refractivity (Wildman–Crippen MR) is 83.7 cm³/mol. The molecule has 2 N–H and O–H groups in total. The number of amides is 2. The van der Waals surface area contributed by atoms with E-state index in [0.717, 1.165) is 10.6 Å². The zero-order chi connectivity index (χ0) is 17.7. The van der Waals surface area contributed by atoms with E-state index in [1.165, 1.54) is 11.3 Å². The fourth-order valence-electron chi connectivity index (χ4n) is 1.88. The minimum absolute atomic E-state index is 0.263. The molecule has 2 aromatic rings. The lowest BCUT2D eigenvalue weighted by Gasteiger charge is -2.10. The molecule has 2 amide bonds. The van der Waals surface area contributed by atoms with Crippen molar-refractivity contribution in [1.29, 1.82) is 0 Å². The molecule has 24 heavy (non-hydrogen) atoms. The molecule has 0 atom stereocenters. The SMILES string of the molecule is Cc1nc(-c2cccs2)ccc1C(=O)NCC(=O)NCC(F)(F)F. The van der Waals surface area contributed by atoms with E-state index in [4.69, 9.17) is 0 Å². The molecular formula is C15H14F3N3O2S. The molecule has 128 valence electrons. The minimum atomic E-state index is -4.49. The van der Waals surface area contributed by atoms with Crippen LogP contribution in [0.1, 0.15) is 16.1 Å². The van der Waals surface area contributed by atoms with Crippen molar-refractivity contribution in [3.63, 3.8) is 0 Å². The number of thiophene rings is 1. The number of hydrogen-bond donors (Lipinski definition) is 2. The van der Waals surface area contributed by atoms with Crippen molar-refractivity contribution >= 4 is 23.2 Å². The predicted octanol–water partition coefficient (Wildman–Crippen LogP) is 2.53. The van der Waals surface area contributed by atoms with E-state index >= 15 is 0 Å². The molecule has 0 radical (unpaired) electrons. The number of carbonyl (C=O) groups excluding carboxylic acids is 2. The van der Waals surface area contributed by atoms with Crippen LogP contribution in [0.25, 0.3) is 10.6 Å². The second kappa shape index (κ2) is 7.43. The summed E-state index contributed by atoms with van der Waals surface area (Å²) in [6, 6.07) is 7.03. The molecule has 0 bridgehead atoms. The second-order valence-corrected chi connectivity index (χ2v) is 5.83. The normalized spacial score (nSPS) is 11.2. The van der Waals surface area contributed by atoms with Gasteiger partial charge in [0.25, 0.3) is 5.91 Å². The molecule has 9 heteroatoms. The van der Waals surface area contributed by atoms with E-state index in [-0.39, 0.29) is 5.56 Å². The van der Waals surface area contributed by atoms with E-state index in [9.17, 15) is 22.8 Å². The van der Waals surface area contributed by atoms with Gasteiger partial charge in [-0.15, -0.1) is 11.3 Å². The monoisotopic (exact) mass is 357 g/mol. The summed E-state index contributed by atoms with van der Waals surface area (Å²) in [6.45, 7) is -0.325. The maximum Gasteiger partial charge on any atom is 0.405 e. The Morgan fingerprint density at radius 1 is 1.21 bits per heavy atom. The van der Waals surface area contributed by atoms with E-state index in [1.54, 1.807) is 24.4 Å². The molecule has 2 heterocycles. The van der Waals surface area contributed by atoms with Gasteiger partial charge in [-0.1, -0.05) is 6.07 Å². The molecular weight excluding hydrogens is 343 g/mol. The molecule has 0 spiro atoms. The van der Waals surface area contributed by atoms with Crippen molar-refractivity contribution in [3.8, 4) is 10.6 Å². The number of aromatic nitrogens is 1. The van der Waals surface area contributed by atoms with Crippen molar-refractivity contribution in [1.82, 2.24) is 15.6 Å². The van der Waals surface area contributed by atoms with Crippen LogP contribution in [-0.2, 0) is 4.79 Å². The maximum atomic E-state index is 12.0. The van der Waals surface area contributed by atoms with Crippen LogP contribution in [-0.4, -0.2) is 36.1 Å². The minimum Gasteiger partial charge on any atom is -0.345 e. The Labute approximate surface area is 139 Å². The molecule has 0 aliphatic carbocycles. The molecule has 0 saturated carbocycles. The fraction of sp³-hybridized carbons (Fsp3) is 0.267. The first-order valence-corrected chi connectivity index (χ1v) is 7.77. The van der Waals surface area contributed by atoms with E-state index in [0.29, 0.717) is 5.69 Å². The summed E-state index contributed by atoms with van der Waals surface area (Å²) in [5, 5.41) is 5.86. The summed E-state index contributed by atoms with van der Waals surface area (Å²) < 4.78 is 35.9. The van der Waals surface area contributed by atoms with Gasteiger partial charge >= 0.3 is 6.18 Å². The number of nitrogens with one attached hydrogen (secondary N) is 2. The van der Waals surface area contributed by atoms with Crippen molar-refractivity contribution in [2.45, 2.75) is 13.1 Å². The van der Waals surface area contributed by atoms with Crippen LogP contribution in [0.4, 0.5) is 13.2 Å². The second-order valence-electron chi connectivity index (χ2n) is 4.88. The Morgan fingerprint density at radius 2 is 1.96 bits per heavy atom. The molecule has 0 aliphatic rings. The van der Waals surface area contributed by atoms with Crippen LogP contribution in [0.2, 0.25) is 0 Å². The third-order valence-corrected chi connectivity index (χ3v) is 3.89. The van der Waals surface area contributed by atoms with E-state index < -0.39 is 31.1 Å². The van der Waals surface area contributed by atoms with Gasteiger partial charge in [0.2, 0.25) is 5.91 Å². The summed E-state index contributed by atoms with van der Waals surface area (Å²) in [5.41, 5.74) is 1.45. The van der Waals surface area contributed by atoms with Gasteiger partial charge in [0.05, 0.1) is 28.4 Å². The summed E-state index contributed by atoms with van der Waals surface area (Å²) in [5.74, 6) is -1.48. The van der Waals surface area contributed by atoms with Crippen molar-refractivity contribution in [2.75, 3.05) is 13.1 Å². The van der Waals surface area contributed by atoms with Gasteiger partial charge in [0.15, 0.2) is 0 Å². The highest BCUT2D eigenvalue weighted by Crippen LogP contribution is 2.23. The lowest BCUT2D eigenvalue weighted by atomic mass is 10.1. The van der Waals surface area contributed by atoms with Gasteiger partial charge < -0.3 is 10.6 Å². The van der Waals surface area contributed by atoms with E-state index in [1.807, 2.05) is 17.5 Å². The molecule has 0 unspecified atom stereocenters. The first kappa shape index (κ1) is 17.9. The van der Waals surface area contributed by atoms with Gasteiger partial charge in [-0.3, -0.25) is 14.6 Å². The number of pyridine rings is 1. The number of aryl methyl sites for hydroxylation is 1. The summed E-state index contributed by atoms with van der Waals surface area (Å²) in [7, 11) is 0. The maximum absolute atomic E-state index is 12.0. The Morgan fingerprint density at radius 3 is 2.54 bits per heavy atom. The van der Waals surface area contributed by atoms with Crippen molar-refractivity contribution < 1.29 is 22.8 Å². The fourth-order valence-corrected chi connectivity index (χ4v) is 2.57. The number of nitrogens with zero attached hydrogens (tertiary/aromatic N) is 1. The van der Waals surface area contributed by atoms with Gasteiger partial charge in [0, 0.05) is 0 Å². The average molecular weight is 357 g/mol. The first-order valence-electron chi connectivity index (χ1n) is 6.89. The molecule has 0 fully saturated rings.